The van der Waals surface area contributed by atoms with Gasteiger partial charge in [-0.1, -0.05) is 13.0 Å². The average Bonchev–Trinajstić information content (AvgIpc) is 2.42. The monoisotopic (exact) mass is 390 g/mol. The number of ether oxygens (including phenoxy) is 1. The molecule has 0 aromatic heterocycles. The number of amides is 1. The van der Waals surface area contributed by atoms with Crippen molar-refractivity contribution in [1.29, 1.82) is 0 Å². The third-order valence-electron chi connectivity index (χ3n) is 2.78. The first-order valence-corrected chi connectivity index (χ1v) is 7.47. The van der Waals surface area contributed by atoms with Crippen LogP contribution < -0.4 is 5.32 Å². The van der Waals surface area contributed by atoms with Crippen molar-refractivity contribution in [2.24, 2.45) is 0 Å². The molecule has 1 amide bonds. The Morgan fingerprint density at radius 3 is 2.75 bits per heavy atom. The van der Waals surface area contributed by atoms with E-state index < -0.39 is 0 Å². The summed E-state index contributed by atoms with van der Waals surface area (Å²) in [7, 11) is 1.36. The number of anilines is 1. The van der Waals surface area contributed by atoms with Crippen molar-refractivity contribution in [3.8, 4) is 0 Å². The molecule has 0 saturated carbocycles. The van der Waals surface area contributed by atoms with Crippen molar-refractivity contribution >= 4 is 40.2 Å². The van der Waals surface area contributed by atoms with Crippen LogP contribution in [0.3, 0.4) is 0 Å². The largest absolute Gasteiger partial charge is 0.469 e. The summed E-state index contributed by atoms with van der Waals surface area (Å²) in [6.45, 7) is 3.44. The summed E-state index contributed by atoms with van der Waals surface area (Å²) in [5.74, 6) is -0.347. The Hall–Kier alpha value is -1.15. The van der Waals surface area contributed by atoms with Crippen molar-refractivity contribution in [3.05, 3.63) is 27.8 Å². The first kappa shape index (κ1) is 16.9. The average molecular weight is 390 g/mol. The smallest absolute Gasteiger partial charge is 0.306 e. The van der Waals surface area contributed by atoms with Gasteiger partial charge in [0.25, 0.3) is 0 Å². The quantitative estimate of drug-likeness (QED) is 0.573. The summed E-state index contributed by atoms with van der Waals surface area (Å²) < 4.78 is 5.66. The molecular formula is C14H19IN2O3. The van der Waals surface area contributed by atoms with Gasteiger partial charge in [-0.05, 0) is 47.3 Å². The number of likely N-dealkylation sites (N-methyl/N-ethyl adjacent to an activating group) is 1. The van der Waals surface area contributed by atoms with Crippen LogP contribution in [-0.2, 0) is 14.3 Å². The molecule has 0 heterocycles. The Kier molecular flexibility index (Phi) is 7.53. The fourth-order valence-electron chi connectivity index (χ4n) is 1.67. The van der Waals surface area contributed by atoms with Gasteiger partial charge < -0.3 is 10.1 Å². The van der Waals surface area contributed by atoms with Crippen LogP contribution in [0.25, 0.3) is 0 Å². The second-order valence-electron chi connectivity index (χ2n) is 4.25. The van der Waals surface area contributed by atoms with E-state index in [0.29, 0.717) is 19.5 Å². The second kappa shape index (κ2) is 8.91. The van der Waals surface area contributed by atoms with E-state index in [1.807, 2.05) is 36.1 Å². The first-order chi connectivity index (χ1) is 9.55. The second-order valence-corrected chi connectivity index (χ2v) is 5.50. The standard InChI is InChI=1S/C14H19IN2O3/c1-3-17(8-7-14(19)20-2)10-13(18)16-12-6-4-5-11(15)9-12/h4-6,9H,3,7-8,10H2,1-2H3,(H,16,18). The molecule has 6 heteroatoms. The van der Waals surface area contributed by atoms with Gasteiger partial charge in [0, 0.05) is 15.8 Å². The molecule has 0 aliphatic carbocycles. The molecule has 0 spiro atoms. The molecule has 0 fully saturated rings. The van der Waals surface area contributed by atoms with Crippen LogP contribution in [0, 0.1) is 3.57 Å². The lowest BCUT2D eigenvalue weighted by Crippen LogP contribution is -2.34. The maximum Gasteiger partial charge on any atom is 0.306 e. The van der Waals surface area contributed by atoms with Gasteiger partial charge in [-0.25, -0.2) is 0 Å². The van der Waals surface area contributed by atoms with Crippen molar-refractivity contribution in [3.63, 3.8) is 0 Å². The van der Waals surface area contributed by atoms with Crippen LogP contribution >= 0.6 is 22.6 Å². The first-order valence-electron chi connectivity index (χ1n) is 6.39. The molecule has 20 heavy (non-hydrogen) atoms. The van der Waals surface area contributed by atoms with Gasteiger partial charge in [0.1, 0.15) is 0 Å². The normalized spacial score (nSPS) is 10.4. The van der Waals surface area contributed by atoms with Crippen LogP contribution in [0.4, 0.5) is 5.69 Å². The van der Waals surface area contributed by atoms with Gasteiger partial charge in [0.15, 0.2) is 0 Å². The van der Waals surface area contributed by atoms with Gasteiger partial charge in [-0.15, -0.1) is 0 Å². The number of hydrogen-bond acceptors (Lipinski definition) is 4. The molecule has 1 rings (SSSR count). The summed E-state index contributed by atoms with van der Waals surface area (Å²) in [6.07, 6.45) is 0.293. The molecule has 0 bridgehead atoms. The van der Waals surface area contributed by atoms with E-state index in [0.717, 1.165) is 9.26 Å². The third kappa shape index (κ3) is 6.33. The van der Waals surface area contributed by atoms with Crippen molar-refractivity contribution in [2.45, 2.75) is 13.3 Å². The zero-order valence-electron chi connectivity index (χ0n) is 11.7. The fraction of sp³-hybridized carbons (Fsp3) is 0.429. The minimum absolute atomic E-state index is 0.0845. The lowest BCUT2D eigenvalue weighted by Gasteiger charge is -2.19. The maximum absolute atomic E-state index is 11.9. The molecule has 0 atom stereocenters. The number of halogens is 1. The number of nitrogens with one attached hydrogen (secondary N) is 1. The highest BCUT2D eigenvalue weighted by Gasteiger charge is 2.11. The van der Waals surface area contributed by atoms with Gasteiger partial charge in [-0.3, -0.25) is 14.5 Å². The zero-order valence-corrected chi connectivity index (χ0v) is 13.8. The molecule has 5 nitrogen and oxygen atoms in total. The lowest BCUT2D eigenvalue weighted by atomic mass is 10.3. The molecule has 0 aliphatic heterocycles. The van der Waals surface area contributed by atoms with E-state index in [2.05, 4.69) is 32.6 Å². The van der Waals surface area contributed by atoms with Crippen LogP contribution in [0.1, 0.15) is 13.3 Å². The van der Waals surface area contributed by atoms with Gasteiger partial charge in [0.05, 0.1) is 20.1 Å². The summed E-state index contributed by atoms with van der Waals surface area (Å²) in [4.78, 5) is 24.9. The molecule has 0 radical (unpaired) electrons. The van der Waals surface area contributed by atoms with E-state index in [1.54, 1.807) is 0 Å². The minimum Gasteiger partial charge on any atom is -0.469 e. The number of nitrogens with zero attached hydrogens (tertiary/aromatic N) is 1. The SMILES string of the molecule is CCN(CCC(=O)OC)CC(=O)Nc1cccc(I)c1. The highest BCUT2D eigenvalue weighted by atomic mass is 127. The molecule has 0 saturated heterocycles. The fourth-order valence-corrected chi connectivity index (χ4v) is 2.21. The van der Waals surface area contributed by atoms with Crippen LogP contribution in [0.15, 0.2) is 24.3 Å². The molecular weight excluding hydrogens is 371 g/mol. The van der Waals surface area contributed by atoms with Gasteiger partial charge >= 0.3 is 5.97 Å². The maximum atomic E-state index is 11.9. The summed E-state index contributed by atoms with van der Waals surface area (Å²) in [6, 6.07) is 7.62. The number of esters is 1. The number of hydrogen-bond donors (Lipinski definition) is 1. The predicted molar refractivity (Wildman–Crippen MR) is 86.5 cm³/mol. The van der Waals surface area contributed by atoms with Crippen molar-refractivity contribution in [2.75, 3.05) is 32.1 Å². The molecule has 110 valence electrons. The molecule has 0 aliphatic rings. The highest BCUT2D eigenvalue weighted by Crippen LogP contribution is 2.12. The number of carbonyl (C=O) groups excluding carboxylic acids is 2. The van der Waals surface area contributed by atoms with Crippen LogP contribution in [-0.4, -0.2) is 43.5 Å². The molecule has 1 N–H and O–H groups in total. The van der Waals surface area contributed by atoms with E-state index in [9.17, 15) is 9.59 Å². The van der Waals surface area contributed by atoms with E-state index in [1.165, 1.54) is 7.11 Å². The van der Waals surface area contributed by atoms with E-state index in [-0.39, 0.29) is 18.4 Å². The van der Waals surface area contributed by atoms with Crippen LogP contribution in [0.5, 0.6) is 0 Å². The highest BCUT2D eigenvalue weighted by molar-refractivity contribution is 14.1. The number of benzene rings is 1. The van der Waals surface area contributed by atoms with Gasteiger partial charge in [-0.2, -0.15) is 0 Å². The topological polar surface area (TPSA) is 58.6 Å². The summed E-state index contributed by atoms with van der Waals surface area (Å²) in [5, 5.41) is 2.85. The van der Waals surface area contributed by atoms with Crippen LogP contribution in [0.2, 0.25) is 0 Å². The minimum atomic E-state index is -0.263. The molecule has 1 aromatic rings. The predicted octanol–water partition coefficient (Wildman–Crippen LogP) is 2.11. The van der Waals surface area contributed by atoms with Crippen molar-refractivity contribution in [1.82, 2.24) is 4.90 Å². The Bertz CT molecular complexity index is 465. The number of rotatable bonds is 7. The van der Waals surface area contributed by atoms with Gasteiger partial charge in [0.2, 0.25) is 5.91 Å². The number of methoxy groups -OCH3 is 1. The number of carbonyl (C=O) groups is 2. The Morgan fingerprint density at radius 1 is 1.40 bits per heavy atom. The molecule has 1 aromatic carbocycles. The summed E-state index contributed by atoms with van der Waals surface area (Å²) in [5.41, 5.74) is 0.783. The van der Waals surface area contributed by atoms with E-state index >= 15 is 0 Å². The van der Waals surface area contributed by atoms with E-state index in [4.69, 9.17) is 0 Å². The van der Waals surface area contributed by atoms with Crippen molar-refractivity contribution < 1.29 is 14.3 Å². The zero-order chi connectivity index (χ0) is 15.0. The Morgan fingerprint density at radius 2 is 2.15 bits per heavy atom. The third-order valence-corrected chi connectivity index (χ3v) is 3.45. The lowest BCUT2D eigenvalue weighted by molar-refractivity contribution is -0.141. The molecule has 0 unspecified atom stereocenters. The Labute approximate surface area is 132 Å². The Balaban J connectivity index is 2.44. The summed E-state index contributed by atoms with van der Waals surface area (Å²) >= 11 is 2.20.